The number of benzene rings is 1. The van der Waals surface area contributed by atoms with Crippen LogP contribution in [0.3, 0.4) is 0 Å². The molecule has 0 unspecified atom stereocenters. The molecular weight excluding hydrogens is 374 g/mol. The van der Waals surface area contributed by atoms with Gasteiger partial charge in [0.25, 0.3) is 0 Å². The van der Waals surface area contributed by atoms with Crippen molar-refractivity contribution in [3.05, 3.63) is 35.5 Å². The molecule has 28 heavy (non-hydrogen) atoms. The van der Waals surface area contributed by atoms with E-state index in [4.69, 9.17) is 21.1 Å². The quantitative estimate of drug-likeness (QED) is 0.258. The zero-order chi connectivity index (χ0) is 20.0. The van der Waals surface area contributed by atoms with Crippen LogP contribution in [-0.2, 0) is 9.53 Å². The van der Waals surface area contributed by atoms with Gasteiger partial charge in [-0.15, -0.1) is 0 Å². The summed E-state index contributed by atoms with van der Waals surface area (Å²) in [6.07, 6.45) is 13.8. The molecule has 0 aliphatic heterocycles. The van der Waals surface area contributed by atoms with Crippen molar-refractivity contribution in [3.63, 3.8) is 0 Å². The van der Waals surface area contributed by atoms with Crippen LogP contribution in [0.2, 0.25) is 5.02 Å². The van der Waals surface area contributed by atoms with Crippen LogP contribution in [0.5, 0.6) is 5.75 Å². The van der Waals surface area contributed by atoms with E-state index in [-0.39, 0.29) is 5.97 Å². The molecule has 1 heterocycles. The van der Waals surface area contributed by atoms with E-state index in [0.29, 0.717) is 11.6 Å². The van der Waals surface area contributed by atoms with E-state index in [1.165, 1.54) is 51.9 Å². The number of carbonyl (C=O) groups excluding carboxylic acids is 1. The van der Waals surface area contributed by atoms with Gasteiger partial charge in [0, 0.05) is 18.5 Å². The number of hydrogen-bond donors (Lipinski definition) is 0. The zero-order valence-electron chi connectivity index (χ0n) is 16.9. The van der Waals surface area contributed by atoms with Crippen LogP contribution in [0.4, 0.5) is 0 Å². The average Bonchev–Trinajstić information content (AvgIpc) is 2.69. The van der Waals surface area contributed by atoms with E-state index in [1.807, 2.05) is 24.3 Å². The maximum atomic E-state index is 10.6. The molecule has 0 saturated heterocycles. The lowest BCUT2D eigenvalue weighted by Crippen LogP contribution is -2.00. The number of halogens is 1. The molecule has 0 bridgehead atoms. The number of aromatic nitrogens is 1. The monoisotopic (exact) mass is 405 g/mol. The predicted molar refractivity (Wildman–Crippen MR) is 115 cm³/mol. The van der Waals surface area contributed by atoms with E-state index >= 15 is 0 Å². The Balaban J connectivity index is 1.45. The molecule has 154 valence electrons. The third-order valence-corrected chi connectivity index (χ3v) is 5.11. The Bertz CT molecular complexity index is 720. The molecule has 0 spiro atoms. The first-order valence-corrected chi connectivity index (χ1v) is 10.9. The summed E-state index contributed by atoms with van der Waals surface area (Å²) in [5, 5.41) is 1.65. The number of unbranched alkanes of at least 4 members (excludes halogenated alkanes) is 9. The van der Waals surface area contributed by atoms with Crippen LogP contribution >= 0.6 is 11.6 Å². The van der Waals surface area contributed by atoms with Gasteiger partial charge in [0.1, 0.15) is 11.3 Å². The van der Waals surface area contributed by atoms with Crippen molar-refractivity contribution in [1.29, 1.82) is 0 Å². The Morgan fingerprint density at radius 1 is 0.893 bits per heavy atom. The lowest BCUT2D eigenvalue weighted by Gasteiger charge is -2.09. The first-order chi connectivity index (χ1) is 13.7. The van der Waals surface area contributed by atoms with Gasteiger partial charge in [0.15, 0.2) is 0 Å². The van der Waals surface area contributed by atoms with E-state index in [2.05, 4.69) is 4.98 Å². The molecule has 0 atom stereocenters. The fourth-order valence-corrected chi connectivity index (χ4v) is 3.46. The first kappa shape index (κ1) is 22.5. The van der Waals surface area contributed by atoms with Crippen LogP contribution in [0.25, 0.3) is 10.9 Å². The van der Waals surface area contributed by atoms with Crippen molar-refractivity contribution in [2.45, 2.75) is 71.1 Å². The second-order valence-corrected chi connectivity index (χ2v) is 7.58. The summed E-state index contributed by atoms with van der Waals surface area (Å²) in [7, 11) is 0. The maximum Gasteiger partial charge on any atom is 0.302 e. The van der Waals surface area contributed by atoms with Gasteiger partial charge in [-0.05, 0) is 37.1 Å². The minimum atomic E-state index is -0.177. The van der Waals surface area contributed by atoms with Crippen LogP contribution in [-0.4, -0.2) is 24.2 Å². The number of ether oxygens (including phenoxy) is 2. The topological polar surface area (TPSA) is 48.4 Å². The molecule has 2 rings (SSSR count). The van der Waals surface area contributed by atoms with Gasteiger partial charge in [-0.2, -0.15) is 0 Å². The number of esters is 1. The summed E-state index contributed by atoms with van der Waals surface area (Å²) in [5.74, 6) is 0.636. The number of hydrogen-bond acceptors (Lipinski definition) is 4. The lowest BCUT2D eigenvalue weighted by molar-refractivity contribution is -0.141. The Kier molecular flexibility index (Phi) is 10.7. The van der Waals surface area contributed by atoms with Gasteiger partial charge in [-0.3, -0.25) is 9.78 Å². The van der Waals surface area contributed by atoms with Crippen LogP contribution < -0.4 is 4.74 Å². The van der Waals surface area contributed by atoms with Crippen molar-refractivity contribution >= 4 is 28.5 Å². The first-order valence-electron chi connectivity index (χ1n) is 10.5. The van der Waals surface area contributed by atoms with Gasteiger partial charge >= 0.3 is 5.97 Å². The summed E-state index contributed by atoms with van der Waals surface area (Å²) in [6, 6.07) is 7.64. The SMILES string of the molecule is CC(=O)OCCCCCCCCCCCCOc1ccc(Cl)c2cccnc12. The predicted octanol–water partition coefficient (Wildman–Crippen LogP) is 6.73. The highest BCUT2D eigenvalue weighted by molar-refractivity contribution is 6.35. The third kappa shape index (κ3) is 8.47. The smallest absolute Gasteiger partial charge is 0.302 e. The molecule has 0 aliphatic carbocycles. The highest BCUT2D eigenvalue weighted by Gasteiger charge is 2.06. The maximum absolute atomic E-state index is 10.6. The van der Waals surface area contributed by atoms with E-state index in [0.717, 1.165) is 42.5 Å². The fraction of sp³-hybridized carbons (Fsp3) is 0.565. The van der Waals surface area contributed by atoms with E-state index in [9.17, 15) is 4.79 Å². The molecule has 0 radical (unpaired) electrons. The van der Waals surface area contributed by atoms with Crippen LogP contribution in [0.15, 0.2) is 30.5 Å². The molecule has 0 saturated carbocycles. The van der Waals surface area contributed by atoms with Crippen LogP contribution in [0.1, 0.15) is 71.1 Å². The van der Waals surface area contributed by atoms with Crippen molar-refractivity contribution in [1.82, 2.24) is 4.98 Å². The Morgan fingerprint density at radius 2 is 1.50 bits per heavy atom. The minimum absolute atomic E-state index is 0.177. The van der Waals surface area contributed by atoms with E-state index in [1.54, 1.807) is 6.20 Å². The second-order valence-electron chi connectivity index (χ2n) is 7.17. The largest absolute Gasteiger partial charge is 0.491 e. The number of carbonyl (C=O) groups is 1. The second kappa shape index (κ2) is 13.4. The lowest BCUT2D eigenvalue weighted by atomic mass is 10.1. The van der Waals surface area contributed by atoms with Gasteiger partial charge < -0.3 is 9.47 Å². The number of fused-ring (bicyclic) bond motifs is 1. The molecule has 1 aromatic heterocycles. The molecule has 5 heteroatoms. The summed E-state index contributed by atoms with van der Waals surface area (Å²) < 4.78 is 10.9. The van der Waals surface area contributed by atoms with Crippen molar-refractivity contribution < 1.29 is 14.3 Å². The molecular formula is C23H32ClNO3. The summed E-state index contributed by atoms with van der Waals surface area (Å²) in [6.45, 7) is 2.75. The van der Waals surface area contributed by atoms with E-state index < -0.39 is 0 Å². The molecule has 2 aromatic rings. The molecule has 0 aliphatic rings. The van der Waals surface area contributed by atoms with Crippen molar-refractivity contribution in [2.24, 2.45) is 0 Å². The molecule has 0 N–H and O–H groups in total. The summed E-state index contributed by atoms with van der Waals surface area (Å²) in [4.78, 5) is 15.0. The average molecular weight is 406 g/mol. The molecule has 1 aromatic carbocycles. The van der Waals surface area contributed by atoms with Gasteiger partial charge in [-0.25, -0.2) is 0 Å². The minimum Gasteiger partial charge on any atom is -0.491 e. The van der Waals surface area contributed by atoms with Gasteiger partial charge in [0.2, 0.25) is 0 Å². The van der Waals surface area contributed by atoms with Gasteiger partial charge in [0.05, 0.1) is 18.2 Å². The highest BCUT2D eigenvalue weighted by Crippen LogP contribution is 2.29. The molecule has 0 fully saturated rings. The van der Waals surface area contributed by atoms with Crippen molar-refractivity contribution in [3.8, 4) is 5.75 Å². The standard InChI is InChI=1S/C23H32ClNO3/c1-19(26)27-17-10-8-6-4-2-3-5-7-9-11-18-28-22-15-14-21(24)20-13-12-16-25-23(20)22/h12-16H,2-11,17-18H2,1H3. The number of nitrogens with zero attached hydrogens (tertiary/aromatic N) is 1. The van der Waals surface area contributed by atoms with Gasteiger partial charge in [-0.1, -0.05) is 63.0 Å². The summed E-state index contributed by atoms with van der Waals surface area (Å²) in [5.41, 5.74) is 0.836. The Hall–Kier alpha value is -1.81. The zero-order valence-corrected chi connectivity index (χ0v) is 17.7. The number of rotatable bonds is 14. The molecule has 0 amide bonds. The molecule has 4 nitrogen and oxygen atoms in total. The highest BCUT2D eigenvalue weighted by atomic mass is 35.5. The van der Waals surface area contributed by atoms with Crippen LogP contribution in [0, 0.1) is 0 Å². The van der Waals surface area contributed by atoms with Crippen molar-refractivity contribution in [2.75, 3.05) is 13.2 Å². The number of pyridine rings is 1. The normalized spacial score (nSPS) is 10.9. The Labute approximate surface area is 173 Å². The fourth-order valence-electron chi connectivity index (χ4n) is 3.24. The third-order valence-electron chi connectivity index (χ3n) is 4.78. The summed E-state index contributed by atoms with van der Waals surface area (Å²) >= 11 is 6.21. The Morgan fingerprint density at radius 3 is 2.14 bits per heavy atom.